The Morgan fingerprint density at radius 3 is 1.79 bits per heavy atom. The van der Waals surface area contributed by atoms with E-state index >= 15 is 0 Å². The van der Waals surface area contributed by atoms with Crippen LogP contribution in [0.15, 0.2) is 27.4 Å². The smallest absolute Gasteiger partial charge is 0.156 e. The molecule has 0 heterocycles. The average Bonchev–Trinajstić information content (AvgIpc) is 2.38. The Morgan fingerprint density at radius 1 is 1.00 bits per heavy atom. The number of rotatable bonds is 2. The van der Waals surface area contributed by atoms with Crippen LogP contribution in [0.25, 0.3) is 0 Å². The van der Waals surface area contributed by atoms with E-state index in [1.165, 1.54) is 5.56 Å². The number of amidine groups is 1. The first-order valence-electron chi connectivity index (χ1n) is 4.71. The number of hydrogen-bond acceptors (Lipinski definition) is 2. The Labute approximate surface area is 169 Å². The third-order valence-electron chi connectivity index (χ3n) is 2.07. The molecule has 0 aliphatic heterocycles. The monoisotopic (exact) mass is 664 g/mol. The molecule has 0 unspecified atom stereocenters. The number of nitrogens with zero attached hydrogens (tertiary/aromatic N) is 1. The first kappa shape index (κ1) is 20.9. The van der Waals surface area contributed by atoms with Gasteiger partial charge in [0.1, 0.15) is 0 Å². The van der Waals surface area contributed by atoms with Crippen molar-refractivity contribution in [2.75, 3.05) is 14.1 Å². The summed E-state index contributed by atoms with van der Waals surface area (Å²) >= 11 is 19.5. The lowest BCUT2D eigenvalue weighted by molar-refractivity contribution is 1.18. The van der Waals surface area contributed by atoms with Gasteiger partial charge in [0.2, 0.25) is 0 Å². The minimum atomic E-state index is 0. The van der Waals surface area contributed by atoms with Crippen LogP contribution in [0.2, 0.25) is 0 Å². The third kappa shape index (κ3) is 5.25. The van der Waals surface area contributed by atoms with Crippen molar-refractivity contribution in [3.8, 4) is 0 Å². The lowest BCUT2D eigenvalue weighted by atomic mass is 10.2. The maximum atomic E-state index is 4.15. The predicted molar refractivity (Wildman–Crippen MR) is 109 cm³/mol. The molecule has 1 rings (SSSR count). The van der Waals surface area contributed by atoms with E-state index in [0.29, 0.717) is 0 Å². The molecule has 0 aliphatic carbocycles. The van der Waals surface area contributed by atoms with Crippen molar-refractivity contribution >= 4 is 114 Å². The topological polar surface area (TPSA) is 24.4 Å². The van der Waals surface area contributed by atoms with Crippen molar-refractivity contribution in [1.82, 2.24) is 5.32 Å². The molecule has 0 aliphatic rings. The van der Waals surface area contributed by atoms with E-state index in [9.17, 15) is 0 Å². The highest BCUT2D eigenvalue weighted by Crippen LogP contribution is 2.45. The molecule has 0 fully saturated rings. The summed E-state index contributed by atoms with van der Waals surface area (Å²) in [5, 5.41) is 3.96. The van der Waals surface area contributed by atoms with E-state index in [4.69, 9.17) is 0 Å². The molecule has 0 aromatic heterocycles. The van der Waals surface area contributed by atoms with Gasteiger partial charge in [-0.2, -0.15) is 0 Å². The first-order valence-corrected chi connectivity index (χ1v) is 9.66. The Morgan fingerprint density at radius 2 is 1.42 bits per heavy atom. The van der Waals surface area contributed by atoms with Crippen LogP contribution in [0, 0.1) is 0 Å². The lowest BCUT2D eigenvalue weighted by Crippen LogP contribution is -2.14. The number of hydrogen-bond donors (Lipinski definition) is 1. The van der Waals surface area contributed by atoms with E-state index in [-0.39, 0.29) is 17.0 Å². The highest BCUT2D eigenvalue weighted by atomic mass is 79.9. The molecular formula is C10H10Br6N2S. The predicted octanol–water partition coefficient (Wildman–Crippen LogP) is 6.52. The van der Waals surface area contributed by atoms with Gasteiger partial charge in [-0.1, -0.05) is 11.8 Å². The summed E-state index contributed by atoms with van der Waals surface area (Å²) in [5.74, 6) is 0.805. The van der Waals surface area contributed by atoms with E-state index in [1.807, 2.05) is 7.05 Å². The van der Waals surface area contributed by atoms with Gasteiger partial charge in [-0.25, -0.2) is 0 Å². The zero-order valence-electron chi connectivity index (χ0n) is 9.86. The van der Waals surface area contributed by atoms with Crippen molar-refractivity contribution in [1.29, 1.82) is 0 Å². The van der Waals surface area contributed by atoms with Crippen molar-refractivity contribution in [3.63, 3.8) is 0 Å². The number of nitrogens with one attached hydrogen (secondary N) is 1. The van der Waals surface area contributed by atoms with Gasteiger partial charge in [0.25, 0.3) is 0 Å². The molecule has 0 spiro atoms. The van der Waals surface area contributed by atoms with Gasteiger partial charge in [-0.3, -0.25) is 4.99 Å². The Kier molecular flexibility index (Phi) is 10.8. The van der Waals surface area contributed by atoms with E-state index in [0.717, 1.165) is 33.3 Å². The van der Waals surface area contributed by atoms with Crippen molar-refractivity contribution < 1.29 is 0 Å². The molecule has 19 heavy (non-hydrogen) atoms. The van der Waals surface area contributed by atoms with Crippen molar-refractivity contribution in [3.05, 3.63) is 27.9 Å². The fraction of sp³-hybridized carbons (Fsp3) is 0.300. The fourth-order valence-corrected chi connectivity index (χ4v) is 5.79. The van der Waals surface area contributed by atoms with Gasteiger partial charge in [-0.05, 0) is 85.2 Å². The molecule has 0 radical (unpaired) electrons. The summed E-state index contributed by atoms with van der Waals surface area (Å²) in [6, 6.07) is 0. The van der Waals surface area contributed by atoms with Gasteiger partial charge in [0.05, 0.1) is 0 Å². The number of aliphatic imine (C=N–C) groups is 1. The summed E-state index contributed by atoms with van der Waals surface area (Å²) in [7, 11) is 3.64. The maximum absolute atomic E-state index is 4.15. The van der Waals surface area contributed by atoms with Gasteiger partial charge in [0, 0.05) is 42.2 Å². The Bertz CT molecular complexity index is 462. The van der Waals surface area contributed by atoms with Crippen LogP contribution in [-0.2, 0) is 5.75 Å². The van der Waals surface area contributed by atoms with Gasteiger partial charge in [0.15, 0.2) is 5.17 Å². The van der Waals surface area contributed by atoms with Crippen LogP contribution in [0.3, 0.4) is 0 Å². The van der Waals surface area contributed by atoms with E-state index < -0.39 is 0 Å². The minimum absolute atomic E-state index is 0. The number of benzene rings is 1. The summed E-state index contributed by atoms with van der Waals surface area (Å²) in [5.41, 5.74) is 1.17. The van der Waals surface area contributed by atoms with Gasteiger partial charge >= 0.3 is 0 Å². The number of halogens is 6. The zero-order valence-corrected chi connectivity index (χ0v) is 20.3. The second-order valence-corrected chi connectivity index (χ2v) is 8.04. The van der Waals surface area contributed by atoms with E-state index in [2.05, 4.69) is 90.0 Å². The summed E-state index contributed by atoms with van der Waals surface area (Å²) < 4.78 is 5.03. The summed E-state index contributed by atoms with van der Waals surface area (Å²) in [6.45, 7) is 0. The molecule has 0 bridgehead atoms. The molecule has 2 nitrogen and oxygen atoms in total. The van der Waals surface area contributed by atoms with Crippen LogP contribution < -0.4 is 5.32 Å². The van der Waals surface area contributed by atoms with Crippen LogP contribution in [0.4, 0.5) is 0 Å². The largest absolute Gasteiger partial charge is 0.368 e. The quantitative estimate of drug-likeness (QED) is 0.168. The molecule has 1 aromatic rings. The lowest BCUT2D eigenvalue weighted by Gasteiger charge is -2.13. The molecule has 0 saturated heterocycles. The van der Waals surface area contributed by atoms with Crippen molar-refractivity contribution in [2.24, 2.45) is 4.99 Å². The molecule has 1 aromatic carbocycles. The van der Waals surface area contributed by atoms with Crippen LogP contribution in [-0.4, -0.2) is 19.3 Å². The highest BCUT2D eigenvalue weighted by Gasteiger charge is 2.17. The molecule has 0 amide bonds. The third-order valence-corrected chi connectivity index (χ3v) is 9.42. The molecule has 108 valence electrons. The normalized spacial score (nSPS) is 11.2. The zero-order chi connectivity index (χ0) is 13.9. The minimum Gasteiger partial charge on any atom is -0.368 e. The van der Waals surface area contributed by atoms with Crippen LogP contribution >= 0.6 is 108 Å². The second-order valence-electron chi connectivity index (χ2n) is 3.12. The standard InChI is InChI=1S/C10H9Br5N2S.BrH/c1-16-10(17-2)18-3-4-5(11)7(13)9(15)8(14)6(4)12;/h3H2,1-2H3,(H,16,17);1H. The molecule has 9 heteroatoms. The Balaban J connectivity index is 0.00000324. The van der Waals surface area contributed by atoms with Crippen LogP contribution in [0.1, 0.15) is 5.56 Å². The molecule has 0 saturated carbocycles. The highest BCUT2D eigenvalue weighted by molar-refractivity contribution is 9.15. The Hall–Kier alpha value is 1.92. The summed E-state index contributed by atoms with van der Waals surface area (Å²) in [4.78, 5) is 4.15. The van der Waals surface area contributed by atoms with Gasteiger partial charge < -0.3 is 5.32 Å². The van der Waals surface area contributed by atoms with Gasteiger partial charge in [-0.15, -0.1) is 17.0 Å². The maximum Gasteiger partial charge on any atom is 0.156 e. The van der Waals surface area contributed by atoms with Crippen LogP contribution in [0.5, 0.6) is 0 Å². The SMILES string of the molecule is Br.CN=C(NC)SCc1c(Br)c(Br)c(Br)c(Br)c1Br. The number of thioether (sulfide) groups is 1. The summed E-state index contributed by atoms with van der Waals surface area (Å²) in [6.07, 6.45) is 0. The fourth-order valence-electron chi connectivity index (χ4n) is 1.17. The van der Waals surface area contributed by atoms with Crippen molar-refractivity contribution in [2.45, 2.75) is 5.75 Å². The van der Waals surface area contributed by atoms with E-state index in [1.54, 1.807) is 18.8 Å². The molecule has 0 atom stereocenters. The average molecular weight is 670 g/mol. The first-order chi connectivity index (χ1) is 8.43. The molecular weight excluding hydrogens is 660 g/mol. The molecule has 1 N–H and O–H groups in total. The second kappa shape index (κ2) is 9.84.